The smallest absolute Gasteiger partial charge is 0.309 e. The topological polar surface area (TPSA) is 70.2 Å². The summed E-state index contributed by atoms with van der Waals surface area (Å²) in [6.07, 6.45) is 1.08. The predicted octanol–water partition coefficient (Wildman–Crippen LogP) is 0.142. The van der Waals surface area contributed by atoms with Gasteiger partial charge in [0.25, 0.3) is 10.2 Å². The second-order valence-corrected chi connectivity index (χ2v) is 7.89. The first-order valence-electron chi connectivity index (χ1n) is 8.02. The summed E-state index contributed by atoms with van der Waals surface area (Å²) in [5, 5.41) is 0. The summed E-state index contributed by atoms with van der Waals surface area (Å²) in [6, 6.07) is 0.0720. The molecule has 0 amide bonds. The Morgan fingerprint density at radius 1 is 1.23 bits per heavy atom. The largest absolute Gasteiger partial charge is 0.466 e. The minimum Gasteiger partial charge on any atom is -0.466 e. The number of carbonyl (C=O) groups excluding carboxylic acids is 1. The highest BCUT2D eigenvalue weighted by Gasteiger charge is 2.40. The van der Waals surface area contributed by atoms with Gasteiger partial charge in [-0.25, -0.2) is 0 Å². The lowest BCUT2D eigenvalue weighted by Gasteiger charge is -2.44. The van der Waals surface area contributed by atoms with Crippen LogP contribution >= 0.6 is 0 Å². The average Bonchev–Trinajstić information content (AvgIpc) is 2.46. The van der Waals surface area contributed by atoms with E-state index in [0.29, 0.717) is 39.1 Å². The maximum Gasteiger partial charge on any atom is 0.309 e. The summed E-state index contributed by atoms with van der Waals surface area (Å²) in [4.78, 5) is 13.8. The van der Waals surface area contributed by atoms with Crippen LogP contribution in [0, 0.1) is 5.92 Å². The van der Waals surface area contributed by atoms with Crippen LogP contribution in [-0.2, 0) is 19.7 Å². The van der Waals surface area contributed by atoms with E-state index >= 15 is 0 Å². The number of carbonyl (C=O) groups is 1. The Morgan fingerprint density at radius 2 is 1.82 bits per heavy atom. The van der Waals surface area contributed by atoms with Gasteiger partial charge in [-0.05, 0) is 26.8 Å². The maximum atomic E-state index is 12.8. The van der Waals surface area contributed by atoms with Crippen molar-refractivity contribution in [3.63, 3.8) is 0 Å². The van der Waals surface area contributed by atoms with Crippen LogP contribution in [0.5, 0.6) is 0 Å². The van der Waals surface area contributed by atoms with E-state index in [2.05, 4.69) is 4.90 Å². The van der Waals surface area contributed by atoms with Crippen LogP contribution < -0.4 is 0 Å². The molecular formula is C14H27N3O4S. The fraction of sp³-hybridized carbons (Fsp3) is 0.929. The number of hydrogen-bond acceptors (Lipinski definition) is 5. The molecule has 7 nitrogen and oxygen atoms in total. The molecular weight excluding hydrogens is 306 g/mol. The van der Waals surface area contributed by atoms with Crippen molar-refractivity contribution in [2.45, 2.75) is 32.7 Å². The summed E-state index contributed by atoms with van der Waals surface area (Å²) in [5.41, 5.74) is 0. The summed E-state index contributed by atoms with van der Waals surface area (Å²) in [7, 11) is -1.44. The van der Waals surface area contributed by atoms with E-state index in [1.807, 2.05) is 14.0 Å². The maximum absolute atomic E-state index is 12.8. The molecule has 2 aliphatic heterocycles. The third kappa shape index (κ3) is 3.61. The average molecular weight is 333 g/mol. The molecule has 0 aromatic carbocycles. The van der Waals surface area contributed by atoms with E-state index in [-0.39, 0.29) is 17.9 Å². The first-order valence-corrected chi connectivity index (χ1v) is 9.41. The van der Waals surface area contributed by atoms with E-state index in [1.165, 1.54) is 4.31 Å². The van der Waals surface area contributed by atoms with Crippen LogP contribution in [0.1, 0.15) is 26.7 Å². The fourth-order valence-electron chi connectivity index (χ4n) is 3.19. The van der Waals surface area contributed by atoms with Gasteiger partial charge in [-0.15, -0.1) is 0 Å². The molecule has 8 heteroatoms. The van der Waals surface area contributed by atoms with Gasteiger partial charge >= 0.3 is 5.97 Å². The number of ether oxygens (including phenoxy) is 1. The molecule has 0 bridgehead atoms. The van der Waals surface area contributed by atoms with Gasteiger partial charge < -0.3 is 9.64 Å². The molecule has 2 heterocycles. The van der Waals surface area contributed by atoms with Crippen LogP contribution in [0.4, 0.5) is 0 Å². The van der Waals surface area contributed by atoms with E-state index in [4.69, 9.17) is 4.74 Å². The molecule has 0 aromatic heterocycles. The highest BCUT2D eigenvalue weighted by atomic mass is 32.2. The molecule has 0 atom stereocenters. The van der Waals surface area contributed by atoms with Crippen LogP contribution in [0.2, 0.25) is 0 Å². The molecule has 0 spiro atoms. The fourth-order valence-corrected chi connectivity index (χ4v) is 4.99. The number of esters is 1. The van der Waals surface area contributed by atoms with Crippen molar-refractivity contribution >= 4 is 16.2 Å². The number of rotatable bonds is 6. The van der Waals surface area contributed by atoms with Crippen molar-refractivity contribution in [1.82, 2.24) is 13.5 Å². The van der Waals surface area contributed by atoms with E-state index in [0.717, 1.165) is 13.1 Å². The molecule has 0 unspecified atom stereocenters. The Kier molecular flexibility index (Phi) is 5.81. The normalized spacial score (nSPS) is 22.7. The monoisotopic (exact) mass is 333 g/mol. The lowest BCUT2D eigenvalue weighted by Crippen LogP contribution is -2.62. The Balaban J connectivity index is 1.95. The number of likely N-dealkylation sites (tertiary alicyclic amines) is 1. The first-order chi connectivity index (χ1) is 10.4. The van der Waals surface area contributed by atoms with Crippen LogP contribution in [0.3, 0.4) is 0 Å². The first kappa shape index (κ1) is 17.7. The third-order valence-corrected chi connectivity index (χ3v) is 6.63. The second-order valence-electron chi connectivity index (χ2n) is 6.01. The van der Waals surface area contributed by atoms with E-state index in [1.54, 1.807) is 11.2 Å². The number of hydrogen-bond donors (Lipinski definition) is 0. The van der Waals surface area contributed by atoms with Gasteiger partial charge in [0.05, 0.1) is 18.6 Å². The molecule has 2 fully saturated rings. The molecule has 0 N–H and O–H groups in total. The molecule has 128 valence electrons. The van der Waals surface area contributed by atoms with Crippen molar-refractivity contribution in [2.24, 2.45) is 5.92 Å². The van der Waals surface area contributed by atoms with Crippen molar-refractivity contribution < 1.29 is 17.9 Å². The predicted molar refractivity (Wildman–Crippen MR) is 83.5 cm³/mol. The number of piperidine rings is 1. The van der Waals surface area contributed by atoms with Gasteiger partial charge in [0.15, 0.2) is 0 Å². The van der Waals surface area contributed by atoms with Crippen LogP contribution in [-0.4, -0.2) is 80.3 Å². The highest BCUT2D eigenvalue weighted by Crippen LogP contribution is 2.25. The minimum atomic E-state index is -3.43. The quantitative estimate of drug-likeness (QED) is 0.647. The van der Waals surface area contributed by atoms with E-state index < -0.39 is 10.2 Å². The molecule has 0 radical (unpaired) electrons. The number of likely N-dealkylation sites (N-methyl/N-ethyl adjacent to an activating group) is 2. The number of nitrogens with zero attached hydrogens (tertiary/aromatic N) is 3. The summed E-state index contributed by atoms with van der Waals surface area (Å²) < 4.78 is 33.7. The molecule has 0 aliphatic carbocycles. The summed E-state index contributed by atoms with van der Waals surface area (Å²) in [6.45, 7) is 6.87. The summed E-state index contributed by atoms with van der Waals surface area (Å²) in [5.74, 6) is -0.371. The zero-order valence-electron chi connectivity index (χ0n) is 13.7. The SMILES string of the molecule is CCOC(=O)C1CCN(S(=O)(=O)N(CC)C2CN(C)C2)CC1. The van der Waals surface area contributed by atoms with Crippen LogP contribution in [0.25, 0.3) is 0 Å². The van der Waals surface area contributed by atoms with Crippen molar-refractivity contribution in [3.05, 3.63) is 0 Å². The van der Waals surface area contributed by atoms with Crippen LogP contribution in [0.15, 0.2) is 0 Å². The molecule has 0 aromatic rings. The third-order valence-electron chi connectivity index (χ3n) is 4.46. The molecule has 0 saturated carbocycles. The molecule has 2 saturated heterocycles. The molecule has 22 heavy (non-hydrogen) atoms. The van der Waals surface area contributed by atoms with Crippen molar-refractivity contribution in [3.8, 4) is 0 Å². The van der Waals surface area contributed by atoms with Gasteiger partial charge in [0.2, 0.25) is 0 Å². The minimum absolute atomic E-state index is 0.0720. The van der Waals surface area contributed by atoms with Gasteiger partial charge in [-0.3, -0.25) is 4.79 Å². The lowest BCUT2D eigenvalue weighted by atomic mass is 9.98. The van der Waals surface area contributed by atoms with Gasteiger partial charge in [-0.1, -0.05) is 6.92 Å². The molecule has 2 rings (SSSR count). The Bertz CT molecular complexity index is 482. The molecule has 2 aliphatic rings. The van der Waals surface area contributed by atoms with E-state index in [9.17, 15) is 13.2 Å². The Hall–Kier alpha value is -0.700. The zero-order valence-corrected chi connectivity index (χ0v) is 14.5. The van der Waals surface area contributed by atoms with Gasteiger partial charge in [0.1, 0.15) is 0 Å². The standard InChI is InChI=1S/C14H27N3O4S/c1-4-17(13-10-15(3)11-13)22(19,20)16-8-6-12(7-9-16)14(18)21-5-2/h12-13H,4-11H2,1-3H3. The van der Waals surface area contributed by atoms with Crippen molar-refractivity contribution in [1.29, 1.82) is 0 Å². The summed E-state index contributed by atoms with van der Waals surface area (Å²) >= 11 is 0. The van der Waals surface area contributed by atoms with Gasteiger partial charge in [0, 0.05) is 32.7 Å². The van der Waals surface area contributed by atoms with Crippen molar-refractivity contribution in [2.75, 3.05) is 46.4 Å². The highest BCUT2D eigenvalue weighted by molar-refractivity contribution is 7.86. The Labute approximate surface area is 133 Å². The second kappa shape index (κ2) is 7.25. The Morgan fingerprint density at radius 3 is 2.27 bits per heavy atom. The van der Waals surface area contributed by atoms with Gasteiger partial charge in [-0.2, -0.15) is 17.0 Å². The lowest BCUT2D eigenvalue weighted by molar-refractivity contribution is -0.149. The zero-order chi connectivity index (χ0) is 16.3.